The third-order valence-electron chi connectivity index (χ3n) is 4.29. The van der Waals surface area contributed by atoms with Gasteiger partial charge in [-0.1, -0.05) is 6.92 Å². The Kier molecular flexibility index (Phi) is 3.99. The normalized spacial score (nSPS) is 31.3. The van der Waals surface area contributed by atoms with Crippen LogP contribution in [0, 0.1) is 5.92 Å². The van der Waals surface area contributed by atoms with Gasteiger partial charge in [-0.05, 0) is 32.9 Å². The fourth-order valence-corrected chi connectivity index (χ4v) is 3.21. The van der Waals surface area contributed by atoms with Gasteiger partial charge in [0, 0.05) is 25.7 Å². The second-order valence-corrected chi connectivity index (χ2v) is 5.89. The largest absolute Gasteiger partial charge is 0.480 e. The van der Waals surface area contributed by atoms with E-state index in [1.807, 2.05) is 14.1 Å². The summed E-state index contributed by atoms with van der Waals surface area (Å²) in [6, 6.07) is -0.392. The Morgan fingerprint density at radius 1 is 1.26 bits per heavy atom. The van der Waals surface area contributed by atoms with Crippen molar-refractivity contribution in [1.82, 2.24) is 14.7 Å². The molecule has 2 aliphatic heterocycles. The lowest BCUT2D eigenvalue weighted by Crippen LogP contribution is -2.48. The van der Waals surface area contributed by atoms with Crippen molar-refractivity contribution in [2.75, 3.05) is 33.7 Å². The van der Waals surface area contributed by atoms with E-state index in [4.69, 9.17) is 5.11 Å². The number of rotatable bonds is 2. The minimum atomic E-state index is -0.887. The third-order valence-corrected chi connectivity index (χ3v) is 4.29. The summed E-state index contributed by atoms with van der Waals surface area (Å²) in [5.41, 5.74) is 0. The lowest BCUT2D eigenvalue weighted by molar-refractivity contribution is -0.141. The standard InChI is InChI=1S/C13H23N3O3/c1-9-7-15(8-11(9)14(2)3)13(19)16-6-4-5-10(16)12(17)18/h9-11H,4-8H2,1-3H3,(H,17,18)/t9?,10-,11?/m1/s1. The van der Waals surface area contributed by atoms with Crippen molar-refractivity contribution in [2.45, 2.75) is 31.8 Å². The Morgan fingerprint density at radius 2 is 1.95 bits per heavy atom. The number of likely N-dealkylation sites (N-methyl/N-ethyl adjacent to an activating group) is 1. The van der Waals surface area contributed by atoms with E-state index in [1.165, 1.54) is 4.90 Å². The third kappa shape index (κ3) is 2.68. The van der Waals surface area contributed by atoms with Gasteiger partial charge in [0.25, 0.3) is 0 Å². The molecule has 2 fully saturated rings. The van der Waals surface area contributed by atoms with E-state index in [0.717, 1.165) is 6.42 Å². The summed E-state index contributed by atoms with van der Waals surface area (Å²) in [5.74, 6) is -0.466. The maximum absolute atomic E-state index is 12.4. The molecule has 2 amide bonds. The number of urea groups is 1. The Labute approximate surface area is 114 Å². The number of carbonyl (C=O) groups excluding carboxylic acids is 1. The summed E-state index contributed by atoms with van der Waals surface area (Å²) in [6.45, 7) is 4.10. The van der Waals surface area contributed by atoms with Gasteiger partial charge in [0.05, 0.1) is 0 Å². The average molecular weight is 269 g/mol. The van der Waals surface area contributed by atoms with Crippen LogP contribution in [0.3, 0.4) is 0 Å². The zero-order chi connectivity index (χ0) is 14.2. The highest BCUT2D eigenvalue weighted by Gasteiger charge is 2.40. The lowest BCUT2D eigenvalue weighted by Gasteiger charge is -2.28. The first-order chi connectivity index (χ1) is 8.91. The van der Waals surface area contributed by atoms with Gasteiger partial charge in [-0.15, -0.1) is 0 Å². The van der Waals surface area contributed by atoms with Gasteiger partial charge in [-0.2, -0.15) is 0 Å². The molecule has 0 aromatic rings. The summed E-state index contributed by atoms with van der Waals surface area (Å²) in [7, 11) is 4.04. The Hall–Kier alpha value is -1.30. The van der Waals surface area contributed by atoms with Gasteiger partial charge in [-0.25, -0.2) is 9.59 Å². The predicted octanol–water partition coefficient (Wildman–Crippen LogP) is 0.537. The Morgan fingerprint density at radius 3 is 2.47 bits per heavy atom. The van der Waals surface area contributed by atoms with Crippen LogP contribution in [0.25, 0.3) is 0 Å². The van der Waals surface area contributed by atoms with Crippen LogP contribution in [-0.2, 0) is 4.79 Å². The molecular formula is C13H23N3O3. The lowest BCUT2D eigenvalue weighted by atomic mass is 10.1. The van der Waals surface area contributed by atoms with E-state index in [-0.39, 0.29) is 6.03 Å². The van der Waals surface area contributed by atoms with Crippen LogP contribution in [0.5, 0.6) is 0 Å². The molecule has 6 nitrogen and oxygen atoms in total. The Balaban J connectivity index is 2.03. The van der Waals surface area contributed by atoms with Gasteiger partial charge < -0.3 is 19.8 Å². The number of carboxylic acids is 1. The van der Waals surface area contributed by atoms with Crippen LogP contribution in [0.1, 0.15) is 19.8 Å². The zero-order valence-electron chi connectivity index (χ0n) is 11.9. The predicted molar refractivity (Wildman–Crippen MR) is 71.0 cm³/mol. The monoisotopic (exact) mass is 269 g/mol. The van der Waals surface area contributed by atoms with Crippen molar-refractivity contribution in [3.05, 3.63) is 0 Å². The average Bonchev–Trinajstić information content (AvgIpc) is 2.93. The molecule has 0 bridgehead atoms. The van der Waals surface area contributed by atoms with Crippen LogP contribution in [0.4, 0.5) is 4.79 Å². The molecule has 2 saturated heterocycles. The van der Waals surface area contributed by atoms with Crippen LogP contribution in [0.2, 0.25) is 0 Å². The second kappa shape index (κ2) is 5.36. The molecule has 19 heavy (non-hydrogen) atoms. The molecular weight excluding hydrogens is 246 g/mol. The molecule has 0 aromatic carbocycles. The second-order valence-electron chi connectivity index (χ2n) is 5.89. The van der Waals surface area contributed by atoms with Gasteiger partial charge in [-0.3, -0.25) is 0 Å². The molecule has 3 atom stereocenters. The van der Waals surface area contributed by atoms with Gasteiger partial charge in [0.1, 0.15) is 6.04 Å². The first-order valence-electron chi connectivity index (χ1n) is 6.86. The smallest absolute Gasteiger partial charge is 0.326 e. The number of likely N-dealkylation sites (tertiary alicyclic amines) is 2. The van der Waals surface area contributed by atoms with E-state index in [9.17, 15) is 9.59 Å². The molecule has 6 heteroatoms. The van der Waals surface area contributed by atoms with Crippen LogP contribution in [0.15, 0.2) is 0 Å². The zero-order valence-corrected chi connectivity index (χ0v) is 11.9. The van der Waals surface area contributed by atoms with Crippen molar-refractivity contribution in [2.24, 2.45) is 5.92 Å². The molecule has 0 radical (unpaired) electrons. The molecule has 0 spiro atoms. The summed E-state index contributed by atoms with van der Waals surface area (Å²) < 4.78 is 0. The van der Waals surface area contributed by atoms with Crippen LogP contribution < -0.4 is 0 Å². The molecule has 2 aliphatic rings. The number of nitrogens with zero attached hydrogens (tertiary/aromatic N) is 3. The summed E-state index contributed by atoms with van der Waals surface area (Å²) in [6.07, 6.45) is 1.35. The minimum Gasteiger partial charge on any atom is -0.480 e. The van der Waals surface area contributed by atoms with Gasteiger partial charge >= 0.3 is 12.0 Å². The minimum absolute atomic E-state index is 0.110. The quantitative estimate of drug-likeness (QED) is 0.794. The first kappa shape index (κ1) is 14.1. The first-order valence-corrected chi connectivity index (χ1v) is 6.86. The van der Waals surface area contributed by atoms with E-state index in [2.05, 4.69) is 11.8 Å². The Bertz CT molecular complexity index is 372. The summed E-state index contributed by atoms with van der Waals surface area (Å²) in [5, 5.41) is 9.15. The SMILES string of the molecule is CC1CN(C(=O)N2CCC[C@@H]2C(=O)O)CC1N(C)C. The highest BCUT2D eigenvalue weighted by atomic mass is 16.4. The fourth-order valence-electron chi connectivity index (χ4n) is 3.21. The van der Waals surface area contributed by atoms with Crippen molar-refractivity contribution in [3.63, 3.8) is 0 Å². The van der Waals surface area contributed by atoms with E-state index in [0.29, 0.717) is 38.0 Å². The van der Waals surface area contributed by atoms with Gasteiger partial charge in [0.15, 0.2) is 0 Å². The van der Waals surface area contributed by atoms with Crippen LogP contribution >= 0.6 is 0 Å². The topological polar surface area (TPSA) is 64.1 Å². The number of hydrogen-bond acceptors (Lipinski definition) is 3. The maximum Gasteiger partial charge on any atom is 0.326 e. The van der Waals surface area contributed by atoms with Crippen molar-refractivity contribution in [1.29, 1.82) is 0 Å². The molecule has 0 aromatic heterocycles. The molecule has 1 N–H and O–H groups in total. The molecule has 2 rings (SSSR count). The summed E-state index contributed by atoms with van der Waals surface area (Å²) in [4.78, 5) is 29.1. The highest BCUT2D eigenvalue weighted by Crippen LogP contribution is 2.25. The highest BCUT2D eigenvalue weighted by molar-refractivity contribution is 5.83. The van der Waals surface area contributed by atoms with Crippen LogP contribution in [-0.4, -0.2) is 77.6 Å². The maximum atomic E-state index is 12.4. The van der Waals surface area contributed by atoms with Crippen molar-refractivity contribution >= 4 is 12.0 Å². The molecule has 0 saturated carbocycles. The van der Waals surface area contributed by atoms with E-state index < -0.39 is 12.0 Å². The van der Waals surface area contributed by atoms with E-state index in [1.54, 1.807) is 4.90 Å². The molecule has 108 valence electrons. The fraction of sp³-hybridized carbons (Fsp3) is 0.846. The molecule has 2 heterocycles. The van der Waals surface area contributed by atoms with Crippen molar-refractivity contribution in [3.8, 4) is 0 Å². The van der Waals surface area contributed by atoms with E-state index >= 15 is 0 Å². The number of carbonyl (C=O) groups is 2. The van der Waals surface area contributed by atoms with Crippen molar-refractivity contribution < 1.29 is 14.7 Å². The summed E-state index contributed by atoms with van der Waals surface area (Å²) >= 11 is 0. The molecule has 0 aliphatic carbocycles. The van der Waals surface area contributed by atoms with Gasteiger partial charge in [0.2, 0.25) is 0 Å². The number of hydrogen-bond donors (Lipinski definition) is 1. The number of carboxylic acid groups (broad SMARTS) is 1. The number of amides is 2. The number of aliphatic carboxylic acids is 1. The molecule has 2 unspecified atom stereocenters.